The van der Waals surface area contributed by atoms with Gasteiger partial charge in [-0.3, -0.25) is 9.20 Å². The molecule has 5 nitrogen and oxygen atoms in total. The topological polar surface area (TPSA) is 59.3 Å². The lowest BCUT2D eigenvalue weighted by molar-refractivity contribution is -0.115. The molecule has 3 aromatic rings. The van der Waals surface area contributed by atoms with Gasteiger partial charge in [-0.2, -0.15) is 0 Å². The maximum absolute atomic E-state index is 12.3. The minimum Gasteiger partial charge on any atom is -0.325 e. The molecular weight excluding hydrogens is 296 g/mol. The Balaban J connectivity index is 1.71. The molecule has 0 aliphatic rings. The molecule has 1 aromatic carbocycles. The van der Waals surface area contributed by atoms with E-state index < -0.39 is 0 Å². The molecule has 6 heteroatoms. The molecule has 1 atom stereocenters. The van der Waals surface area contributed by atoms with Crippen LogP contribution < -0.4 is 5.32 Å². The molecule has 0 bridgehead atoms. The first-order valence-electron chi connectivity index (χ1n) is 6.97. The summed E-state index contributed by atoms with van der Waals surface area (Å²) in [6, 6.07) is 13.5. The van der Waals surface area contributed by atoms with Gasteiger partial charge in [0.05, 0.1) is 5.25 Å². The van der Waals surface area contributed by atoms with E-state index in [1.807, 2.05) is 66.9 Å². The molecule has 2 heterocycles. The zero-order chi connectivity index (χ0) is 15.5. The van der Waals surface area contributed by atoms with Crippen molar-refractivity contribution in [3.05, 3.63) is 54.2 Å². The van der Waals surface area contributed by atoms with E-state index >= 15 is 0 Å². The summed E-state index contributed by atoms with van der Waals surface area (Å²) in [6.07, 6.45) is 1.89. The van der Waals surface area contributed by atoms with Crippen molar-refractivity contribution in [2.45, 2.75) is 24.3 Å². The average molecular weight is 312 g/mol. The highest BCUT2D eigenvalue weighted by atomic mass is 32.2. The lowest BCUT2D eigenvalue weighted by Crippen LogP contribution is -2.22. The zero-order valence-corrected chi connectivity index (χ0v) is 13.2. The Morgan fingerprint density at radius 1 is 1.23 bits per heavy atom. The third kappa shape index (κ3) is 3.12. The van der Waals surface area contributed by atoms with Gasteiger partial charge in [-0.05, 0) is 43.7 Å². The number of thioether (sulfide) groups is 1. The van der Waals surface area contributed by atoms with Crippen molar-refractivity contribution in [3.8, 4) is 0 Å². The second kappa shape index (κ2) is 6.19. The standard InChI is InChI=1S/C16H16N4OS/c1-11-6-5-7-13(10-11)17-15(21)12(2)22-16-19-18-14-8-3-4-9-20(14)16/h3-10,12H,1-2H3,(H,17,21)/t12-/m0/s1. The lowest BCUT2D eigenvalue weighted by atomic mass is 10.2. The Morgan fingerprint density at radius 3 is 2.91 bits per heavy atom. The SMILES string of the molecule is Cc1cccc(NC(=O)[C@H](C)Sc2nnc3ccccn23)c1. The molecule has 3 rings (SSSR count). The van der Waals surface area contributed by atoms with Crippen molar-refractivity contribution in [1.82, 2.24) is 14.6 Å². The number of hydrogen-bond donors (Lipinski definition) is 1. The largest absolute Gasteiger partial charge is 0.325 e. The van der Waals surface area contributed by atoms with Crippen LogP contribution in [0.1, 0.15) is 12.5 Å². The number of nitrogens with zero attached hydrogens (tertiary/aromatic N) is 3. The van der Waals surface area contributed by atoms with Crippen LogP contribution in [0.3, 0.4) is 0 Å². The maximum atomic E-state index is 12.3. The van der Waals surface area contributed by atoms with Gasteiger partial charge in [-0.1, -0.05) is 30.0 Å². The van der Waals surface area contributed by atoms with E-state index in [4.69, 9.17) is 0 Å². The van der Waals surface area contributed by atoms with Gasteiger partial charge in [-0.15, -0.1) is 10.2 Å². The first kappa shape index (κ1) is 14.6. The van der Waals surface area contributed by atoms with Gasteiger partial charge < -0.3 is 5.32 Å². The summed E-state index contributed by atoms with van der Waals surface area (Å²) in [4.78, 5) is 12.3. The number of carbonyl (C=O) groups is 1. The van der Waals surface area contributed by atoms with Gasteiger partial charge in [0, 0.05) is 11.9 Å². The third-order valence-corrected chi connectivity index (χ3v) is 4.28. The fourth-order valence-corrected chi connectivity index (χ4v) is 2.92. The van der Waals surface area contributed by atoms with Crippen LogP contribution in [0.5, 0.6) is 0 Å². The van der Waals surface area contributed by atoms with Crippen LogP contribution >= 0.6 is 11.8 Å². The van der Waals surface area contributed by atoms with Gasteiger partial charge in [0.1, 0.15) is 0 Å². The zero-order valence-electron chi connectivity index (χ0n) is 12.4. The van der Waals surface area contributed by atoms with E-state index in [2.05, 4.69) is 15.5 Å². The molecule has 22 heavy (non-hydrogen) atoms. The number of pyridine rings is 1. The summed E-state index contributed by atoms with van der Waals surface area (Å²) in [5.41, 5.74) is 2.70. The van der Waals surface area contributed by atoms with Gasteiger partial charge >= 0.3 is 0 Å². The highest BCUT2D eigenvalue weighted by molar-refractivity contribution is 8.00. The molecule has 0 radical (unpaired) electrons. The number of aryl methyl sites for hydroxylation is 1. The molecule has 1 N–H and O–H groups in total. The highest BCUT2D eigenvalue weighted by Gasteiger charge is 2.17. The Labute approximate surface area is 132 Å². The Bertz CT molecular complexity index is 815. The maximum Gasteiger partial charge on any atom is 0.237 e. The van der Waals surface area contributed by atoms with Crippen LogP contribution in [-0.2, 0) is 4.79 Å². The molecule has 0 fully saturated rings. The number of anilines is 1. The van der Waals surface area contributed by atoms with E-state index in [-0.39, 0.29) is 11.2 Å². The third-order valence-electron chi connectivity index (χ3n) is 3.22. The fraction of sp³-hybridized carbons (Fsp3) is 0.188. The minimum absolute atomic E-state index is 0.0525. The van der Waals surface area contributed by atoms with E-state index in [1.165, 1.54) is 11.8 Å². The van der Waals surface area contributed by atoms with Crippen molar-refractivity contribution < 1.29 is 4.79 Å². The van der Waals surface area contributed by atoms with Gasteiger partial charge in [0.25, 0.3) is 0 Å². The van der Waals surface area contributed by atoms with Gasteiger partial charge in [0.15, 0.2) is 10.8 Å². The van der Waals surface area contributed by atoms with E-state index in [0.29, 0.717) is 5.16 Å². The minimum atomic E-state index is -0.270. The van der Waals surface area contributed by atoms with Crippen molar-refractivity contribution in [2.24, 2.45) is 0 Å². The first-order chi connectivity index (χ1) is 10.6. The van der Waals surface area contributed by atoms with Crippen molar-refractivity contribution in [2.75, 3.05) is 5.32 Å². The van der Waals surface area contributed by atoms with Crippen LogP contribution in [0.25, 0.3) is 5.65 Å². The van der Waals surface area contributed by atoms with Gasteiger partial charge in [-0.25, -0.2) is 0 Å². The van der Waals surface area contributed by atoms with Crippen LogP contribution in [0, 0.1) is 6.92 Å². The van der Waals surface area contributed by atoms with Crippen LogP contribution in [-0.4, -0.2) is 25.8 Å². The predicted molar refractivity (Wildman–Crippen MR) is 88.1 cm³/mol. The Kier molecular flexibility index (Phi) is 4.11. The number of amides is 1. The second-order valence-corrected chi connectivity index (χ2v) is 6.34. The van der Waals surface area contributed by atoms with E-state index in [9.17, 15) is 4.79 Å². The predicted octanol–water partition coefficient (Wildman–Crippen LogP) is 3.16. The summed E-state index contributed by atoms with van der Waals surface area (Å²) in [7, 11) is 0. The van der Waals surface area contributed by atoms with Crippen molar-refractivity contribution in [1.29, 1.82) is 0 Å². The monoisotopic (exact) mass is 312 g/mol. The summed E-state index contributed by atoms with van der Waals surface area (Å²) in [5.74, 6) is -0.0525. The smallest absolute Gasteiger partial charge is 0.237 e. The number of hydrogen-bond acceptors (Lipinski definition) is 4. The Morgan fingerprint density at radius 2 is 2.09 bits per heavy atom. The molecule has 2 aromatic heterocycles. The summed E-state index contributed by atoms with van der Waals surface area (Å²) in [5, 5.41) is 11.6. The lowest BCUT2D eigenvalue weighted by Gasteiger charge is -2.11. The number of carbonyl (C=O) groups excluding carboxylic acids is 1. The van der Waals surface area contributed by atoms with Crippen molar-refractivity contribution >= 4 is 29.0 Å². The fourth-order valence-electron chi connectivity index (χ4n) is 2.08. The highest BCUT2D eigenvalue weighted by Crippen LogP contribution is 2.23. The van der Waals surface area contributed by atoms with E-state index in [0.717, 1.165) is 16.9 Å². The van der Waals surface area contributed by atoms with Crippen LogP contribution in [0.2, 0.25) is 0 Å². The summed E-state index contributed by atoms with van der Waals surface area (Å²) < 4.78 is 1.88. The quantitative estimate of drug-likeness (QED) is 0.752. The Hall–Kier alpha value is -2.34. The number of benzene rings is 1. The summed E-state index contributed by atoms with van der Waals surface area (Å²) in [6.45, 7) is 3.86. The molecule has 0 spiro atoms. The van der Waals surface area contributed by atoms with Crippen LogP contribution in [0.15, 0.2) is 53.8 Å². The molecular formula is C16H16N4OS. The molecule has 0 saturated carbocycles. The van der Waals surface area contributed by atoms with Crippen LogP contribution in [0.4, 0.5) is 5.69 Å². The molecule has 0 aliphatic carbocycles. The molecule has 0 saturated heterocycles. The molecule has 0 unspecified atom stereocenters. The second-order valence-electron chi connectivity index (χ2n) is 5.03. The number of fused-ring (bicyclic) bond motifs is 1. The van der Waals surface area contributed by atoms with Gasteiger partial charge in [0.2, 0.25) is 5.91 Å². The molecule has 1 amide bonds. The van der Waals surface area contributed by atoms with Crippen molar-refractivity contribution in [3.63, 3.8) is 0 Å². The molecule has 0 aliphatic heterocycles. The number of rotatable bonds is 4. The number of nitrogens with one attached hydrogen (secondary N) is 1. The normalized spacial score (nSPS) is 12.3. The average Bonchev–Trinajstić information content (AvgIpc) is 2.90. The summed E-state index contributed by atoms with van der Waals surface area (Å²) >= 11 is 1.39. The van der Waals surface area contributed by atoms with E-state index in [1.54, 1.807) is 0 Å². The number of aromatic nitrogens is 3. The molecule has 112 valence electrons. The first-order valence-corrected chi connectivity index (χ1v) is 7.85.